The molecule has 7 fully saturated rings. The van der Waals surface area contributed by atoms with Crippen LogP contribution in [0.1, 0.15) is 6.42 Å². The molecule has 10 atom stereocenters. The molecule has 1 nitrogen and oxygen atoms in total. The van der Waals surface area contributed by atoms with Crippen molar-refractivity contribution in [3.05, 3.63) is 0 Å². The molecule has 0 radical (unpaired) electrons. The predicted octanol–water partition coefficient (Wildman–Crippen LogP) is 2.27. The summed E-state index contributed by atoms with van der Waals surface area (Å²) in [6.45, 7) is 0. The van der Waals surface area contributed by atoms with E-state index >= 15 is 0 Å². The molecule has 0 N–H and O–H groups in total. The lowest BCUT2D eigenvalue weighted by Gasteiger charge is -2.45. The fourth-order valence-electron chi connectivity index (χ4n) is 6.89. The summed E-state index contributed by atoms with van der Waals surface area (Å²) in [6.07, 6.45) is 1.42. The molecule has 0 aromatic carbocycles. The lowest BCUT2D eigenvalue weighted by atomic mass is 9.60. The van der Waals surface area contributed by atoms with E-state index in [1.54, 1.807) is 0 Å². The van der Waals surface area contributed by atoms with Gasteiger partial charge in [-0.3, -0.25) is 0 Å². The third kappa shape index (κ3) is 0.336. The van der Waals surface area contributed by atoms with E-state index in [1.165, 1.54) is 6.42 Å². The Morgan fingerprint density at radius 3 is 1.86 bits per heavy atom. The van der Waals surface area contributed by atoms with Gasteiger partial charge >= 0.3 is 0 Å². The Morgan fingerprint density at radius 2 is 1.36 bits per heavy atom. The van der Waals surface area contributed by atoms with E-state index in [1.807, 2.05) is 0 Å². The maximum Gasteiger partial charge on any atom is 0.151 e. The SMILES string of the molecule is Cl[C@]12O[C@]3(Cl)[C@@H]4[C@@H]5C[C@H]([C@H]6[C@@H]5[C@H]3[C@@H]61)[C@H]42. The minimum atomic E-state index is -0.311. The normalized spacial score (nSPS) is 93.0. The van der Waals surface area contributed by atoms with Crippen LogP contribution < -0.4 is 0 Å². The van der Waals surface area contributed by atoms with Crippen LogP contribution in [0, 0.1) is 47.3 Å². The van der Waals surface area contributed by atoms with Crippen molar-refractivity contribution in [2.75, 3.05) is 0 Å². The Hall–Kier alpha value is 0.540. The van der Waals surface area contributed by atoms with Crippen molar-refractivity contribution in [1.29, 1.82) is 0 Å². The second-order valence-corrected chi connectivity index (χ2v) is 7.50. The van der Waals surface area contributed by atoms with Crippen molar-refractivity contribution in [2.45, 2.75) is 16.5 Å². The Bertz CT molecular complexity index is 372. The lowest BCUT2D eigenvalue weighted by Crippen LogP contribution is -2.48. The van der Waals surface area contributed by atoms with Crippen molar-refractivity contribution in [3.63, 3.8) is 0 Å². The number of rotatable bonds is 0. The van der Waals surface area contributed by atoms with E-state index in [4.69, 9.17) is 27.9 Å². The van der Waals surface area contributed by atoms with Crippen LogP contribution in [0.5, 0.6) is 0 Å². The highest BCUT2D eigenvalue weighted by Crippen LogP contribution is 2.94. The van der Waals surface area contributed by atoms with Gasteiger partial charge < -0.3 is 4.74 Å². The van der Waals surface area contributed by atoms with Crippen molar-refractivity contribution in [3.8, 4) is 0 Å². The number of alkyl halides is 2. The third-order valence-electron chi connectivity index (χ3n) is 6.63. The highest BCUT2D eigenvalue weighted by Gasteiger charge is 2.97. The fourth-order valence-corrected chi connectivity index (χ4v) is 8.35. The first kappa shape index (κ1) is 6.98. The van der Waals surface area contributed by atoms with E-state index < -0.39 is 0 Å². The van der Waals surface area contributed by atoms with Gasteiger partial charge in [0.15, 0.2) is 10.1 Å². The first-order valence-corrected chi connectivity index (χ1v) is 6.51. The molecule has 2 saturated heterocycles. The summed E-state index contributed by atoms with van der Waals surface area (Å²) >= 11 is 13.4. The Morgan fingerprint density at radius 1 is 0.857 bits per heavy atom. The number of ether oxygens (including phenoxy) is 1. The van der Waals surface area contributed by atoms with Crippen LogP contribution in [-0.2, 0) is 4.74 Å². The van der Waals surface area contributed by atoms with Crippen LogP contribution in [0.3, 0.4) is 0 Å². The fraction of sp³-hybridized carbons (Fsp3) is 1.00. The molecule has 4 bridgehead atoms. The Kier molecular flexibility index (Phi) is 0.715. The van der Waals surface area contributed by atoms with Crippen LogP contribution in [0.4, 0.5) is 0 Å². The molecule has 74 valence electrons. The minimum absolute atomic E-state index is 0.311. The molecule has 2 aliphatic heterocycles. The molecule has 2 heterocycles. The molecule has 0 aromatic rings. The molecular formula is C11H10Cl2O. The maximum atomic E-state index is 6.71. The van der Waals surface area contributed by atoms with E-state index in [0.29, 0.717) is 23.7 Å². The predicted molar refractivity (Wildman–Crippen MR) is 50.8 cm³/mol. The van der Waals surface area contributed by atoms with Crippen molar-refractivity contribution < 1.29 is 4.74 Å². The van der Waals surface area contributed by atoms with Gasteiger partial charge in [-0.05, 0) is 30.1 Å². The highest BCUT2D eigenvalue weighted by molar-refractivity contribution is 6.29. The van der Waals surface area contributed by atoms with Gasteiger partial charge in [0.25, 0.3) is 0 Å². The number of halogens is 2. The van der Waals surface area contributed by atoms with Gasteiger partial charge in [-0.15, -0.1) is 0 Å². The van der Waals surface area contributed by atoms with Crippen LogP contribution in [0.2, 0.25) is 0 Å². The zero-order valence-corrected chi connectivity index (χ0v) is 9.00. The maximum absolute atomic E-state index is 6.71. The van der Waals surface area contributed by atoms with Gasteiger partial charge in [0, 0.05) is 23.7 Å². The molecule has 14 heavy (non-hydrogen) atoms. The molecule has 7 aliphatic rings. The molecule has 5 saturated carbocycles. The molecule has 3 heteroatoms. The number of hydrogen-bond acceptors (Lipinski definition) is 1. The topological polar surface area (TPSA) is 9.23 Å². The molecule has 0 unspecified atom stereocenters. The first-order valence-electron chi connectivity index (χ1n) is 5.76. The summed E-state index contributed by atoms with van der Waals surface area (Å²) < 4.78 is 6.07. The minimum Gasteiger partial charge on any atom is -0.337 e. The van der Waals surface area contributed by atoms with Gasteiger partial charge in [0.05, 0.1) is 0 Å². The van der Waals surface area contributed by atoms with Crippen molar-refractivity contribution in [1.82, 2.24) is 0 Å². The van der Waals surface area contributed by atoms with Crippen LogP contribution in [0.25, 0.3) is 0 Å². The van der Waals surface area contributed by atoms with E-state index in [2.05, 4.69) is 0 Å². The van der Waals surface area contributed by atoms with Gasteiger partial charge in [-0.1, -0.05) is 23.2 Å². The second kappa shape index (κ2) is 1.43. The lowest BCUT2D eigenvalue weighted by molar-refractivity contribution is 0.0237. The van der Waals surface area contributed by atoms with Gasteiger partial charge in [0.1, 0.15) is 0 Å². The Balaban J connectivity index is 1.83. The summed E-state index contributed by atoms with van der Waals surface area (Å²) in [5.41, 5.74) is 0. The van der Waals surface area contributed by atoms with Crippen LogP contribution in [-0.4, -0.2) is 10.1 Å². The van der Waals surface area contributed by atoms with Crippen LogP contribution >= 0.6 is 23.2 Å². The molecule has 7 rings (SSSR count). The highest BCUT2D eigenvalue weighted by atomic mass is 35.5. The van der Waals surface area contributed by atoms with E-state index in [9.17, 15) is 0 Å². The van der Waals surface area contributed by atoms with Crippen LogP contribution in [0.15, 0.2) is 0 Å². The standard InChI is InChI=1S/C11H10Cl2O/c12-10-6-2-1-3-5-4(2)8(10)9(5)11(13,14-10)7(3)6/h2-9H,1H2/t2-,3-,4-,5+,6-,7-,8+,9-,10-,11-/m1/s1. The summed E-state index contributed by atoms with van der Waals surface area (Å²) in [5, 5.41) is -0.623. The molecular weight excluding hydrogens is 219 g/mol. The average Bonchev–Trinajstić information content (AvgIpc) is 2.60. The van der Waals surface area contributed by atoms with E-state index in [0.717, 1.165) is 23.7 Å². The zero-order chi connectivity index (χ0) is 9.03. The zero-order valence-electron chi connectivity index (χ0n) is 7.49. The summed E-state index contributed by atoms with van der Waals surface area (Å²) in [6, 6.07) is 0. The van der Waals surface area contributed by atoms with Gasteiger partial charge in [-0.25, -0.2) is 0 Å². The van der Waals surface area contributed by atoms with Crippen molar-refractivity contribution in [2.24, 2.45) is 47.3 Å². The van der Waals surface area contributed by atoms with Crippen molar-refractivity contribution >= 4 is 23.2 Å². The second-order valence-electron chi connectivity index (χ2n) is 6.32. The molecule has 0 aromatic heterocycles. The van der Waals surface area contributed by atoms with Gasteiger partial charge in [0.2, 0.25) is 0 Å². The Labute approximate surface area is 92.1 Å². The number of hydrogen-bond donors (Lipinski definition) is 0. The largest absolute Gasteiger partial charge is 0.337 e. The van der Waals surface area contributed by atoms with Gasteiger partial charge in [-0.2, -0.15) is 0 Å². The molecule has 0 amide bonds. The smallest absolute Gasteiger partial charge is 0.151 e. The summed E-state index contributed by atoms with van der Waals surface area (Å²) in [5.74, 6) is 6.09. The summed E-state index contributed by atoms with van der Waals surface area (Å²) in [7, 11) is 0. The molecule has 0 spiro atoms. The monoisotopic (exact) mass is 228 g/mol. The molecule has 5 aliphatic carbocycles. The third-order valence-corrected chi connectivity index (χ3v) is 7.80. The average molecular weight is 229 g/mol. The first-order chi connectivity index (χ1) is 6.68. The quantitative estimate of drug-likeness (QED) is 0.579. The summed E-state index contributed by atoms with van der Waals surface area (Å²) in [4.78, 5) is 0. The van der Waals surface area contributed by atoms with E-state index in [-0.39, 0.29) is 10.1 Å².